The Morgan fingerprint density at radius 3 is 2.70 bits per heavy atom. The molecular formula is C16H22Cl2N2. The molecule has 1 aromatic rings. The molecule has 110 valence electrons. The van der Waals surface area contributed by atoms with E-state index in [9.17, 15) is 0 Å². The molecule has 2 nitrogen and oxygen atoms in total. The van der Waals surface area contributed by atoms with Gasteiger partial charge in [-0.05, 0) is 61.9 Å². The zero-order valence-corrected chi connectivity index (χ0v) is 13.3. The van der Waals surface area contributed by atoms with Gasteiger partial charge in [0.15, 0.2) is 0 Å². The molecular weight excluding hydrogens is 291 g/mol. The van der Waals surface area contributed by atoms with E-state index in [1.54, 1.807) is 0 Å². The molecule has 0 amide bonds. The topological polar surface area (TPSA) is 15.3 Å². The first-order valence-electron chi connectivity index (χ1n) is 7.60. The van der Waals surface area contributed by atoms with Crippen molar-refractivity contribution in [2.24, 2.45) is 5.92 Å². The number of hydrogen-bond acceptors (Lipinski definition) is 2. The maximum absolute atomic E-state index is 6.31. The van der Waals surface area contributed by atoms with Gasteiger partial charge in [0.2, 0.25) is 0 Å². The SMILES string of the molecule is Clc1ccc(Cl)c(CN(CC2CC2)CC2CCCN2)c1. The van der Waals surface area contributed by atoms with Crippen molar-refractivity contribution >= 4 is 23.2 Å². The van der Waals surface area contributed by atoms with Gasteiger partial charge in [-0.3, -0.25) is 4.90 Å². The van der Waals surface area contributed by atoms with E-state index in [-0.39, 0.29) is 0 Å². The second-order valence-electron chi connectivity index (χ2n) is 6.17. The zero-order valence-electron chi connectivity index (χ0n) is 11.7. The van der Waals surface area contributed by atoms with Gasteiger partial charge in [-0.25, -0.2) is 0 Å². The zero-order chi connectivity index (χ0) is 13.9. The lowest BCUT2D eigenvalue weighted by Crippen LogP contribution is -2.38. The first kappa shape index (κ1) is 14.6. The number of nitrogens with one attached hydrogen (secondary N) is 1. The normalized spacial score (nSPS) is 22.6. The van der Waals surface area contributed by atoms with E-state index in [1.807, 2.05) is 18.2 Å². The van der Waals surface area contributed by atoms with Crippen molar-refractivity contribution < 1.29 is 0 Å². The highest BCUT2D eigenvalue weighted by atomic mass is 35.5. The van der Waals surface area contributed by atoms with Crippen molar-refractivity contribution in [1.82, 2.24) is 10.2 Å². The standard InChI is InChI=1S/C16H22Cl2N2/c17-14-5-6-16(18)13(8-14)10-20(9-12-3-4-12)11-15-2-1-7-19-15/h5-6,8,12,15,19H,1-4,7,9-11H2. The van der Waals surface area contributed by atoms with Crippen molar-refractivity contribution in [2.75, 3.05) is 19.6 Å². The van der Waals surface area contributed by atoms with E-state index in [0.29, 0.717) is 6.04 Å². The van der Waals surface area contributed by atoms with Crippen LogP contribution in [0.2, 0.25) is 10.0 Å². The fourth-order valence-electron chi connectivity index (χ4n) is 3.00. The Labute approximate surface area is 131 Å². The van der Waals surface area contributed by atoms with Crippen molar-refractivity contribution in [2.45, 2.75) is 38.3 Å². The monoisotopic (exact) mass is 312 g/mol. The van der Waals surface area contributed by atoms with Gasteiger partial charge in [0.05, 0.1) is 0 Å². The molecule has 1 aliphatic carbocycles. The lowest BCUT2D eigenvalue weighted by atomic mass is 10.1. The van der Waals surface area contributed by atoms with Gasteiger partial charge in [0, 0.05) is 35.7 Å². The fourth-order valence-corrected chi connectivity index (χ4v) is 3.37. The number of benzene rings is 1. The van der Waals surface area contributed by atoms with Gasteiger partial charge in [-0.2, -0.15) is 0 Å². The summed E-state index contributed by atoms with van der Waals surface area (Å²) in [5.41, 5.74) is 1.15. The lowest BCUT2D eigenvalue weighted by molar-refractivity contribution is 0.232. The van der Waals surface area contributed by atoms with Crippen LogP contribution >= 0.6 is 23.2 Å². The van der Waals surface area contributed by atoms with E-state index in [4.69, 9.17) is 23.2 Å². The van der Waals surface area contributed by atoms with Crippen LogP contribution in [0, 0.1) is 5.92 Å². The maximum atomic E-state index is 6.31. The minimum Gasteiger partial charge on any atom is -0.313 e. The molecule has 3 rings (SSSR count). The quantitative estimate of drug-likeness (QED) is 0.855. The van der Waals surface area contributed by atoms with Crippen LogP contribution in [0.4, 0.5) is 0 Å². The van der Waals surface area contributed by atoms with Crippen LogP contribution in [0.1, 0.15) is 31.2 Å². The summed E-state index contributed by atoms with van der Waals surface area (Å²) in [6, 6.07) is 6.41. The van der Waals surface area contributed by atoms with E-state index < -0.39 is 0 Å². The molecule has 2 fully saturated rings. The Bertz CT molecular complexity index is 454. The van der Waals surface area contributed by atoms with Gasteiger partial charge in [-0.1, -0.05) is 23.2 Å². The third-order valence-corrected chi connectivity index (χ3v) is 4.86. The van der Waals surface area contributed by atoms with E-state index in [1.165, 1.54) is 38.8 Å². The van der Waals surface area contributed by atoms with Gasteiger partial charge in [0.1, 0.15) is 0 Å². The highest BCUT2D eigenvalue weighted by Crippen LogP contribution is 2.31. The summed E-state index contributed by atoms with van der Waals surface area (Å²) in [6.07, 6.45) is 5.38. The maximum Gasteiger partial charge on any atom is 0.0452 e. The van der Waals surface area contributed by atoms with Gasteiger partial charge >= 0.3 is 0 Å². The van der Waals surface area contributed by atoms with E-state index >= 15 is 0 Å². The van der Waals surface area contributed by atoms with Crippen molar-refractivity contribution in [1.29, 1.82) is 0 Å². The molecule has 1 unspecified atom stereocenters. The molecule has 1 heterocycles. The number of nitrogens with zero attached hydrogens (tertiary/aromatic N) is 1. The molecule has 0 radical (unpaired) electrons. The molecule has 20 heavy (non-hydrogen) atoms. The average Bonchev–Trinajstić information content (AvgIpc) is 3.08. The second kappa shape index (κ2) is 6.65. The highest BCUT2D eigenvalue weighted by molar-refractivity contribution is 6.33. The van der Waals surface area contributed by atoms with Crippen LogP contribution in [0.5, 0.6) is 0 Å². The Morgan fingerprint density at radius 2 is 2.00 bits per heavy atom. The van der Waals surface area contributed by atoms with Crippen molar-refractivity contribution in [3.63, 3.8) is 0 Å². The predicted molar refractivity (Wildman–Crippen MR) is 85.5 cm³/mol. The summed E-state index contributed by atoms with van der Waals surface area (Å²) in [5.74, 6) is 0.898. The van der Waals surface area contributed by atoms with Crippen LogP contribution in [0.3, 0.4) is 0 Å². The summed E-state index contributed by atoms with van der Waals surface area (Å²) in [7, 11) is 0. The molecule has 4 heteroatoms. The minimum atomic E-state index is 0.645. The summed E-state index contributed by atoms with van der Waals surface area (Å²) in [6.45, 7) is 4.40. The first-order valence-corrected chi connectivity index (χ1v) is 8.36. The minimum absolute atomic E-state index is 0.645. The summed E-state index contributed by atoms with van der Waals surface area (Å²) in [5, 5.41) is 5.19. The molecule has 0 aromatic heterocycles. The highest BCUT2D eigenvalue weighted by Gasteiger charge is 2.26. The Balaban J connectivity index is 1.65. The Kier molecular flexibility index (Phi) is 4.87. The van der Waals surface area contributed by atoms with Crippen LogP contribution in [-0.2, 0) is 6.54 Å². The summed E-state index contributed by atoms with van der Waals surface area (Å²) >= 11 is 12.4. The Hall–Kier alpha value is -0.280. The predicted octanol–water partition coefficient (Wildman–Crippen LogP) is 3.96. The largest absolute Gasteiger partial charge is 0.313 e. The second-order valence-corrected chi connectivity index (χ2v) is 7.01. The molecule has 1 atom stereocenters. The molecule has 1 N–H and O–H groups in total. The molecule has 0 spiro atoms. The first-order chi connectivity index (χ1) is 9.70. The molecule has 0 bridgehead atoms. The van der Waals surface area contributed by atoms with Crippen LogP contribution in [-0.4, -0.2) is 30.6 Å². The van der Waals surface area contributed by atoms with Crippen LogP contribution in [0.25, 0.3) is 0 Å². The lowest BCUT2D eigenvalue weighted by Gasteiger charge is -2.26. The summed E-state index contributed by atoms with van der Waals surface area (Å²) in [4.78, 5) is 2.55. The molecule has 1 aromatic carbocycles. The molecule has 1 aliphatic heterocycles. The van der Waals surface area contributed by atoms with Gasteiger partial charge in [0.25, 0.3) is 0 Å². The van der Waals surface area contributed by atoms with E-state index in [0.717, 1.165) is 34.6 Å². The van der Waals surface area contributed by atoms with Gasteiger partial charge < -0.3 is 5.32 Å². The number of rotatable bonds is 6. The molecule has 1 saturated heterocycles. The van der Waals surface area contributed by atoms with Crippen LogP contribution < -0.4 is 5.32 Å². The van der Waals surface area contributed by atoms with Crippen LogP contribution in [0.15, 0.2) is 18.2 Å². The van der Waals surface area contributed by atoms with E-state index in [2.05, 4.69) is 10.2 Å². The third kappa shape index (κ3) is 4.11. The Morgan fingerprint density at radius 1 is 1.15 bits per heavy atom. The number of hydrogen-bond donors (Lipinski definition) is 1. The third-order valence-electron chi connectivity index (χ3n) is 4.26. The molecule has 1 saturated carbocycles. The fraction of sp³-hybridized carbons (Fsp3) is 0.625. The van der Waals surface area contributed by atoms with Crippen molar-refractivity contribution in [3.05, 3.63) is 33.8 Å². The van der Waals surface area contributed by atoms with Gasteiger partial charge in [-0.15, -0.1) is 0 Å². The summed E-state index contributed by atoms with van der Waals surface area (Å²) < 4.78 is 0. The van der Waals surface area contributed by atoms with Crippen molar-refractivity contribution in [3.8, 4) is 0 Å². The number of halogens is 2. The molecule has 2 aliphatic rings. The average molecular weight is 313 g/mol. The smallest absolute Gasteiger partial charge is 0.0452 e.